The summed E-state index contributed by atoms with van der Waals surface area (Å²) < 4.78 is 4.69. The molecule has 0 aromatic carbocycles. The maximum absolute atomic E-state index is 11.4. The van der Waals surface area contributed by atoms with Gasteiger partial charge in [0.1, 0.15) is 12.1 Å². The lowest BCUT2D eigenvalue weighted by Gasteiger charge is -2.25. The van der Waals surface area contributed by atoms with Gasteiger partial charge in [-0.1, -0.05) is 20.3 Å². The molecule has 1 heterocycles. The van der Waals surface area contributed by atoms with Gasteiger partial charge in [-0.3, -0.25) is 10.1 Å². The van der Waals surface area contributed by atoms with Crippen molar-refractivity contribution in [2.45, 2.75) is 45.2 Å². The van der Waals surface area contributed by atoms with Crippen molar-refractivity contribution < 1.29 is 9.53 Å². The van der Waals surface area contributed by atoms with E-state index in [0.717, 1.165) is 12.8 Å². The second-order valence-corrected chi connectivity index (χ2v) is 4.41. The van der Waals surface area contributed by atoms with Gasteiger partial charge in [0.25, 0.3) is 0 Å². The predicted molar refractivity (Wildman–Crippen MR) is 56.0 cm³/mol. The summed E-state index contributed by atoms with van der Waals surface area (Å²) in [5, 5.41) is 12.1. The highest BCUT2D eigenvalue weighted by Gasteiger charge is 2.45. The first-order valence-corrected chi connectivity index (χ1v) is 5.31. The van der Waals surface area contributed by atoms with Crippen molar-refractivity contribution in [3.8, 4) is 6.07 Å². The van der Waals surface area contributed by atoms with Crippen LogP contribution in [0.2, 0.25) is 0 Å². The van der Waals surface area contributed by atoms with Crippen LogP contribution in [0.25, 0.3) is 0 Å². The first-order valence-electron chi connectivity index (χ1n) is 5.31. The van der Waals surface area contributed by atoms with Crippen LogP contribution in [0, 0.1) is 16.7 Å². The van der Waals surface area contributed by atoms with E-state index >= 15 is 0 Å². The van der Waals surface area contributed by atoms with Gasteiger partial charge >= 0.3 is 5.97 Å². The van der Waals surface area contributed by atoms with Gasteiger partial charge in [-0.25, -0.2) is 0 Å². The molecular formula is C11H18N2O2. The zero-order valence-corrected chi connectivity index (χ0v) is 9.54. The standard InChI is InChI=1S/C11H18N2O2/c1-4-5-11(2)6-8(10(14)15-3)13-9(11)7-12/h8-9,13H,4-6H2,1-3H3/t8-,9?,11+/m0/s1. The molecule has 0 radical (unpaired) electrons. The summed E-state index contributed by atoms with van der Waals surface area (Å²) in [5.74, 6) is -0.268. The highest BCUT2D eigenvalue weighted by Crippen LogP contribution is 2.38. The fraction of sp³-hybridized carbons (Fsp3) is 0.818. The Morgan fingerprint density at radius 1 is 1.73 bits per heavy atom. The van der Waals surface area contributed by atoms with Crippen molar-refractivity contribution in [2.24, 2.45) is 5.41 Å². The second-order valence-electron chi connectivity index (χ2n) is 4.41. The lowest BCUT2D eigenvalue weighted by molar-refractivity contribution is -0.142. The van der Waals surface area contributed by atoms with Crippen molar-refractivity contribution in [1.82, 2.24) is 5.32 Å². The molecule has 0 saturated carbocycles. The molecule has 0 aromatic heterocycles. The molecule has 1 saturated heterocycles. The van der Waals surface area contributed by atoms with Gasteiger partial charge in [-0.2, -0.15) is 5.26 Å². The highest BCUT2D eigenvalue weighted by molar-refractivity contribution is 5.76. The zero-order valence-electron chi connectivity index (χ0n) is 9.54. The van der Waals surface area contributed by atoms with Gasteiger partial charge in [0.05, 0.1) is 13.2 Å². The summed E-state index contributed by atoms with van der Waals surface area (Å²) >= 11 is 0. The van der Waals surface area contributed by atoms with E-state index in [9.17, 15) is 4.79 Å². The van der Waals surface area contributed by atoms with Gasteiger partial charge in [0.2, 0.25) is 0 Å². The van der Waals surface area contributed by atoms with Crippen molar-refractivity contribution in [3.05, 3.63) is 0 Å². The topological polar surface area (TPSA) is 62.1 Å². The fourth-order valence-electron chi connectivity index (χ4n) is 2.35. The average Bonchev–Trinajstić information content (AvgIpc) is 2.55. The van der Waals surface area contributed by atoms with E-state index in [2.05, 4.69) is 30.0 Å². The molecule has 1 aliphatic rings. The summed E-state index contributed by atoms with van der Waals surface area (Å²) in [7, 11) is 1.38. The number of methoxy groups -OCH3 is 1. The molecule has 1 rings (SSSR count). The molecule has 1 N–H and O–H groups in total. The third kappa shape index (κ3) is 2.29. The van der Waals surface area contributed by atoms with Gasteiger partial charge in [0, 0.05) is 0 Å². The molecule has 0 amide bonds. The van der Waals surface area contributed by atoms with Crippen molar-refractivity contribution in [2.75, 3.05) is 7.11 Å². The Bertz CT molecular complexity index is 285. The Morgan fingerprint density at radius 2 is 2.40 bits per heavy atom. The van der Waals surface area contributed by atoms with Crippen LogP contribution >= 0.6 is 0 Å². The fourth-order valence-corrected chi connectivity index (χ4v) is 2.35. The largest absolute Gasteiger partial charge is 0.468 e. The van der Waals surface area contributed by atoms with E-state index in [4.69, 9.17) is 5.26 Å². The normalized spacial score (nSPS) is 34.8. The SMILES string of the molecule is CCC[C@]1(C)C[C@@H](C(=O)OC)NC1C#N. The first kappa shape index (κ1) is 12.0. The Hall–Kier alpha value is -1.08. The summed E-state index contributed by atoms with van der Waals surface area (Å²) in [4.78, 5) is 11.4. The molecule has 3 atom stereocenters. The van der Waals surface area contributed by atoms with E-state index in [-0.39, 0.29) is 23.5 Å². The van der Waals surface area contributed by atoms with Crippen LogP contribution in [-0.2, 0) is 9.53 Å². The third-order valence-electron chi connectivity index (χ3n) is 3.17. The number of carbonyl (C=O) groups is 1. The molecule has 1 unspecified atom stereocenters. The second kappa shape index (κ2) is 4.63. The number of ether oxygens (including phenoxy) is 1. The minimum Gasteiger partial charge on any atom is -0.468 e. The lowest BCUT2D eigenvalue weighted by atomic mass is 9.78. The number of esters is 1. The van der Waals surface area contributed by atoms with Crippen molar-refractivity contribution in [1.29, 1.82) is 5.26 Å². The Morgan fingerprint density at radius 3 is 2.87 bits per heavy atom. The quantitative estimate of drug-likeness (QED) is 0.711. The van der Waals surface area contributed by atoms with Crippen LogP contribution in [0.1, 0.15) is 33.1 Å². The van der Waals surface area contributed by atoms with E-state index < -0.39 is 0 Å². The Balaban J connectivity index is 2.75. The molecular weight excluding hydrogens is 192 g/mol. The summed E-state index contributed by atoms with van der Waals surface area (Å²) in [5.41, 5.74) is -0.109. The minimum atomic E-state index is -0.323. The molecule has 84 valence electrons. The molecule has 4 nitrogen and oxygen atoms in total. The Kier molecular flexibility index (Phi) is 3.70. The number of hydrogen-bond acceptors (Lipinski definition) is 4. The molecule has 1 fully saturated rings. The van der Waals surface area contributed by atoms with Crippen LogP contribution < -0.4 is 5.32 Å². The zero-order chi connectivity index (χ0) is 11.5. The van der Waals surface area contributed by atoms with Crippen molar-refractivity contribution in [3.63, 3.8) is 0 Å². The van der Waals surface area contributed by atoms with E-state index in [1.165, 1.54) is 7.11 Å². The molecule has 0 spiro atoms. The number of nitriles is 1. The monoisotopic (exact) mass is 210 g/mol. The van der Waals surface area contributed by atoms with Gasteiger partial charge in [-0.05, 0) is 18.3 Å². The van der Waals surface area contributed by atoms with Crippen LogP contribution in [0.5, 0.6) is 0 Å². The molecule has 0 aromatic rings. The summed E-state index contributed by atoms with van der Waals surface area (Å²) in [6, 6.07) is 1.66. The van der Waals surface area contributed by atoms with Crippen LogP contribution in [0.15, 0.2) is 0 Å². The minimum absolute atomic E-state index is 0.109. The molecule has 15 heavy (non-hydrogen) atoms. The van der Waals surface area contributed by atoms with Crippen molar-refractivity contribution >= 4 is 5.97 Å². The highest BCUT2D eigenvalue weighted by atomic mass is 16.5. The van der Waals surface area contributed by atoms with E-state index in [0.29, 0.717) is 6.42 Å². The van der Waals surface area contributed by atoms with Gasteiger partial charge in [-0.15, -0.1) is 0 Å². The maximum atomic E-state index is 11.4. The predicted octanol–water partition coefficient (Wildman–Crippen LogP) is 1.22. The van der Waals surface area contributed by atoms with Crippen LogP contribution in [0.3, 0.4) is 0 Å². The Labute approximate surface area is 90.6 Å². The third-order valence-corrected chi connectivity index (χ3v) is 3.17. The maximum Gasteiger partial charge on any atom is 0.322 e. The number of nitrogens with zero attached hydrogens (tertiary/aromatic N) is 1. The molecule has 4 heteroatoms. The summed E-state index contributed by atoms with van der Waals surface area (Å²) in [6.45, 7) is 4.14. The van der Waals surface area contributed by atoms with Crippen LogP contribution in [0.4, 0.5) is 0 Å². The van der Waals surface area contributed by atoms with Crippen LogP contribution in [-0.4, -0.2) is 25.2 Å². The summed E-state index contributed by atoms with van der Waals surface area (Å²) in [6.07, 6.45) is 2.65. The first-order chi connectivity index (χ1) is 7.07. The molecule has 0 aliphatic carbocycles. The molecule has 1 aliphatic heterocycles. The number of hydrogen-bond donors (Lipinski definition) is 1. The number of nitrogens with one attached hydrogen (secondary N) is 1. The van der Waals surface area contributed by atoms with E-state index in [1.54, 1.807) is 0 Å². The number of rotatable bonds is 3. The number of carbonyl (C=O) groups excluding carboxylic acids is 1. The average molecular weight is 210 g/mol. The molecule has 0 bridgehead atoms. The van der Waals surface area contributed by atoms with E-state index in [1.807, 2.05) is 0 Å². The smallest absolute Gasteiger partial charge is 0.322 e. The van der Waals surface area contributed by atoms with Gasteiger partial charge < -0.3 is 4.74 Å². The lowest BCUT2D eigenvalue weighted by Crippen LogP contribution is -2.37. The van der Waals surface area contributed by atoms with Gasteiger partial charge in [0.15, 0.2) is 0 Å².